The number of likely N-dealkylation sites (tertiary alicyclic amines) is 1. The Bertz CT molecular complexity index is 1190. The minimum Gasteiger partial charge on any atom is -0.454 e. The van der Waals surface area contributed by atoms with Crippen molar-refractivity contribution < 1.29 is 14.3 Å². The highest BCUT2D eigenvalue weighted by Gasteiger charge is 2.34. The summed E-state index contributed by atoms with van der Waals surface area (Å²) in [5.41, 5.74) is 1.54. The molecule has 1 saturated heterocycles. The second-order valence-electron chi connectivity index (χ2n) is 8.58. The summed E-state index contributed by atoms with van der Waals surface area (Å²) in [5, 5.41) is 1.25. The maximum atomic E-state index is 13.4. The molecule has 1 aromatic heterocycles. The summed E-state index contributed by atoms with van der Waals surface area (Å²) >= 11 is 0. The number of benzene rings is 2. The lowest BCUT2D eigenvalue weighted by Gasteiger charge is -2.41. The molecule has 2 aromatic carbocycles. The lowest BCUT2D eigenvalue weighted by molar-refractivity contribution is 0.0552. The van der Waals surface area contributed by atoms with E-state index in [4.69, 9.17) is 9.47 Å². The number of aromatic nitrogens is 1. The first-order valence-electron chi connectivity index (χ1n) is 10.3. The fraction of sp³-hybridized carbons (Fsp3) is 0.333. The molecule has 30 heavy (non-hydrogen) atoms. The number of aromatic amines is 1. The molecule has 0 spiro atoms. The Morgan fingerprint density at radius 2 is 1.93 bits per heavy atom. The first kappa shape index (κ1) is 18.7. The third kappa shape index (κ3) is 3.32. The second kappa shape index (κ2) is 7.20. The molecule has 6 nitrogen and oxygen atoms in total. The van der Waals surface area contributed by atoms with Crippen molar-refractivity contribution in [3.63, 3.8) is 0 Å². The van der Waals surface area contributed by atoms with Crippen LogP contribution in [0.25, 0.3) is 10.8 Å². The van der Waals surface area contributed by atoms with E-state index < -0.39 is 0 Å². The molecule has 3 aromatic rings. The number of pyridine rings is 1. The minimum atomic E-state index is -0.173. The van der Waals surface area contributed by atoms with Crippen LogP contribution in [0, 0.1) is 5.41 Å². The van der Waals surface area contributed by atoms with Crippen molar-refractivity contribution in [3.05, 3.63) is 70.1 Å². The standard InChI is InChI=1S/C24H24N2O4/c1-24(12-16-7-8-20-21(11-16)30-15-29-20)9-4-10-26(14-24)23(28)19-13-25-22(27)18-6-3-2-5-17(18)19/h2-3,5-8,11,13H,4,9-10,12,14-15H2,1H3,(H,25,27)/t24-/m1/s1. The van der Waals surface area contributed by atoms with Gasteiger partial charge in [-0.1, -0.05) is 31.2 Å². The topological polar surface area (TPSA) is 71.6 Å². The third-order valence-corrected chi connectivity index (χ3v) is 6.18. The van der Waals surface area contributed by atoms with E-state index >= 15 is 0 Å². The Balaban J connectivity index is 1.39. The van der Waals surface area contributed by atoms with Crippen LogP contribution in [0.3, 0.4) is 0 Å². The van der Waals surface area contributed by atoms with Gasteiger partial charge < -0.3 is 19.4 Å². The Labute approximate surface area is 174 Å². The van der Waals surface area contributed by atoms with Crippen molar-refractivity contribution in [2.75, 3.05) is 19.9 Å². The molecule has 0 unspecified atom stereocenters. The number of ether oxygens (including phenoxy) is 2. The first-order chi connectivity index (χ1) is 14.5. The van der Waals surface area contributed by atoms with Gasteiger partial charge in [-0.2, -0.15) is 0 Å². The minimum absolute atomic E-state index is 0.0282. The van der Waals surface area contributed by atoms with Gasteiger partial charge in [0.05, 0.1) is 5.56 Å². The van der Waals surface area contributed by atoms with Gasteiger partial charge in [-0.15, -0.1) is 0 Å². The zero-order chi connectivity index (χ0) is 20.7. The fourth-order valence-electron chi connectivity index (χ4n) is 4.73. The van der Waals surface area contributed by atoms with Gasteiger partial charge in [0.2, 0.25) is 6.79 Å². The average molecular weight is 404 g/mol. The van der Waals surface area contributed by atoms with Crippen molar-refractivity contribution in [1.82, 2.24) is 9.88 Å². The summed E-state index contributed by atoms with van der Waals surface area (Å²) < 4.78 is 10.9. The van der Waals surface area contributed by atoms with Crippen LogP contribution in [-0.4, -0.2) is 35.7 Å². The van der Waals surface area contributed by atoms with Gasteiger partial charge >= 0.3 is 0 Å². The molecule has 1 amide bonds. The SMILES string of the molecule is C[C@]1(Cc2ccc3c(c2)OCO3)CCCN(C(=O)c2c[nH]c(=O)c3ccccc23)C1. The Morgan fingerprint density at radius 1 is 1.13 bits per heavy atom. The van der Waals surface area contributed by atoms with E-state index in [0.717, 1.165) is 37.3 Å². The van der Waals surface area contributed by atoms with E-state index in [9.17, 15) is 9.59 Å². The molecule has 0 radical (unpaired) electrons. The molecule has 0 bridgehead atoms. The maximum absolute atomic E-state index is 13.4. The molecule has 5 rings (SSSR count). The van der Waals surface area contributed by atoms with Crippen molar-refractivity contribution in [3.8, 4) is 11.5 Å². The Hall–Kier alpha value is -3.28. The van der Waals surface area contributed by atoms with Crippen LogP contribution >= 0.6 is 0 Å². The highest BCUT2D eigenvalue weighted by molar-refractivity contribution is 6.06. The molecular weight excluding hydrogens is 380 g/mol. The third-order valence-electron chi connectivity index (χ3n) is 6.18. The van der Waals surface area contributed by atoms with E-state index in [0.29, 0.717) is 22.9 Å². The van der Waals surface area contributed by atoms with E-state index in [1.165, 1.54) is 5.56 Å². The quantitative estimate of drug-likeness (QED) is 0.722. The van der Waals surface area contributed by atoms with Crippen LogP contribution in [0.4, 0.5) is 0 Å². The summed E-state index contributed by atoms with van der Waals surface area (Å²) in [4.78, 5) is 30.1. The predicted octanol–water partition coefficient (Wildman–Crippen LogP) is 3.74. The molecule has 2 aliphatic rings. The summed E-state index contributed by atoms with van der Waals surface area (Å²) in [6, 6.07) is 13.4. The normalized spacial score (nSPS) is 20.5. The molecule has 1 N–H and O–H groups in total. The van der Waals surface area contributed by atoms with Gasteiger partial charge in [-0.05, 0) is 48.4 Å². The van der Waals surface area contributed by atoms with Gasteiger partial charge in [0, 0.05) is 30.1 Å². The fourth-order valence-corrected chi connectivity index (χ4v) is 4.73. The predicted molar refractivity (Wildman–Crippen MR) is 114 cm³/mol. The van der Waals surface area contributed by atoms with Gasteiger partial charge in [0.1, 0.15) is 0 Å². The number of fused-ring (bicyclic) bond motifs is 2. The number of rotatable bonds is 3. The van der Waals surface area contributed by atoms with Crippen molar-refractivity contribution >= 4 is 16.7 Å². The van der Waals surface area contributed by atoms with Gasteiger partial charge in [-0.3, -0.25) is 9.59 Å². The number of carbonyl (C=O) groups excluding carboxylic acids is 1. The first-order valence-corrected chi connectivity index (χ1v) is 10.3. The van der Waals surface area contributed by atoms with Crippen molar-refractivity contribution in [2.45, 2.75) is 26.2 Å². The van der Waals surface area contributed by atoms with Crippen molar-refractivity contribution in [1.29, 1.82) is 0 Å². The molecule has 154 valence electrons. The van der Waals surface area contributed by atoms with E-state index in [1.807, 2.05) is 35.2 Å². The highest BCUT2D eigenvalue weighted by atomic mass is 16.7. The average Bonchev–Trinajstić information content (AvgIpc) is 3.21. The lowest BCUT2D eigenvalue weighted by Crippen LogP contribution is -2.46. The number of carbonyl (C=O) groups is 1. The summed E-state index contributed by atoms with van der Waals surface area (Å²) in [7, 11) is 0. The monoisotopic (exact) mass is 404 g/mol. The molecule has 2 aliphatic heterocycles. The van der Waals surface area contributed by atoms with Crippen LogP contribution in [0.2, 0.25) is 0 Å². The van der Waals surface area contributed by atoms with Gasteiger partial charge in [0.15, 0.2) is 11.5 Å². The van der Waals surface area contributed by atoms with Crippen molar-refractivity contribution in [2.24, 2.45) is 5.41 Å². The number of hydrogen-bond donors (Lipinski definition) is 1. The largest absolute Gasteiger partial charge is 0.454 e. The van der Waals surface area contributed by atoms with Crippen LogP contribution in [0.15, 0.2) is 53.5 Å². The Kier molecular flexibility index (Phi) is 4.50. The summed E-state index contributed by atoms with van der Waals surface area (Å²) in [6.07, 6.45) is 4.42. The molecule has 6 heteroatoms. The molecule has 1 atom stereocenters. The smallest absolute Gasteiger partial charge is 0.255 e. The van der Waals surface area contributed by atoms with E-state index in [2.05, 4.69) is 18.0 Å². The molecule has 3 heterocycles. The molecular formula is C24H24N2O4. The summed E-state index contributed by atoms with van der Waals surface area (Å²) in [6.45, 7) is 3.91. The highest BCUT2D eigenvalue weighted by Crippen LogP contribution is 2.38. The maximum Gasteiger partial charge on any atom is 0.255 e. The van der Waals surface area contributed by atoms with E-state index in [1.54, 1.807) is 12.3 Å². The number of amides is 1. The summed E-state index contributed by atoms with van der Waals surface area (Å²) in [5.74, 6) is 1.55. The van der Waals surface area contributed by atoms with Gasteiger partial charge in [-0.25, -0.2) is 0 Å². The number of piperidine rings is 1. The number of H-pyrrole nitrogens is 1. The zero-order valence-corrected chi connectivity index (χ0v) is 16.9. The van der Waals surface area contributed by atoms with Crippen LogP contribution in [0.1, 0.15) is 35.7 Å². The number of hydrogen-bond acceptors (Lipinski definition) is 4. The van der Waals surface area contributed by atoms with Gasteiger partial charge in [0.25, 0.3) is 11.5 Å². The lowest BCUT2D eigenvalue weighted by atomic mass is 9.76. The number of nitrogens with one attached hydrogen (secondary N) is 1. The van der Waals surface area contributed by atoms with Crippen LogP contribution < -0.4 is 15.0 Å². The second-order valence-corrected chi connectivity index (χ2v) is 8.58. The Morgan fingerprint density at radius 3 is 2.80 bits per heavy atom. The zero-order valence-electron chi connectivity index (χ0n) is 16.9. The number of nitrogens with zero attached hydrogens (tertiary/aromatic N) is 1. The van der Waals surface area contributed by atoms with E-state index in [-0.39, 0.29) is 23.7 Å². The van der Waals surface area contributed by atoms with Crippen LogP contribution in [0.5, 0.6) is 11.5 Å². The molecule has 1 fully saturated rings. The molecule has 0 aliphatic carbocycles. The molecule has 0 saturated carbocycles. The van der Waals surface area contributed by atoms with Crippen LogP contribution in [-0.2, 0) is 6.42 Å².